The molecule has 0 amide bonds. The highest BCUT2D eigenvalue weighted by molar-refractivity contribution is 7.99. The first-order chi connectivity index (χ1) is 6.83. The van der Waals surface area contributed by atoms with Crippen molar-refractivity contribution in [1.82, 2.24) is 0 Å². The number of thioether (sulfide) groups is 1. The molecule has 0 aliphatic carbocycles. The maximum absolute atomic E-state index is 3.40. The maximum atomic E-state index is 3.40. The average Bonchev–Trinajstić information content (AvgIpc) is 2.25. The van der Waals surface area contributed by atoms with E-state index < -0.39 is 0 Å². The fourth-order valence-corrected chi connectivity index (χ4v) is 1.99. The maximum Gasteiger partial charge on any atom is 0.0340 e. The number of para-hydroxylation sites is 1. The fraction of sp³-hybridized carbons (Fsp3) is 0.500. The molecule has 0 spiro atoms. The van der Waals surface area contributed by atoms with Crippen LogP contribution in [0.25, 0.3) is 0 Å². The molecule has 0 heterocycles. The van der Waals surface area contributed by atoms with Gasteiger partial charge < -0.3 is 5.32 Å². The molecule has 1 unspecified atom stereocenters. The highest BCUT2D eigenvalue weighted by Crippen LogP contribution is 2.13. The molecule has 0 saturated carbocycles. The summed E-state index contributed by atoms with van der Waals surface area (Å²) in [6.07, 6.45) is 1.26. The van der Waals surface area contributed by atoms with Crippen LogP contribution in [-0.2, 0) is 0 Å². The summed E-state index contributed by atoms with van der Waals surface area (Å²) in [6, 6.07) is 10.4. The van der Waals surface area contributed by atoms with E-state index in [-0.39, 0.29) is 0 Å². The van der Waals surface area contributed by atoms with E-state index in [1.807, 2.05) is 17.8 Å². The van der Waals surface area contributed by atoms with Crippen LogP contribution in [0.15, 0.2) is 30.3 Å². The van der Waals surface area contributed by atoms with E-state index in [0.29, 0.717) is 0 Å². The van der Waals surface area contributed by atoms with Crippen molar-refractivity contribution < 1.29 is 0 Å². The Morgan fingerprint density at radius 2 is 2.00 bits per heavy atom. The van der Waals surface area contributed by atoms with Crippen LogP contribution < -0.4 is 5.32 Å². The smallest absolute Gasteiger partial charge is 0.0340 e. The second kappa shape index (κ2) is 6.77. The summed E-state index contributed by atoms with van der Waals surface area (Å²) in [7, 11) is 0. The number of rotatable bonds is 6. The van der Waals surface area contributed by atoms with E-state index in [9.17, 15) is 0 Å². The first-order valence-electron chi connectivity index (χ1n) is 5.23. The molecule has 1 aromatic rings. The molecule has 78 valence electrons. The third-order valence-electron chi connectivity index (χ3n) is 2.18. The number of benzene rings is 1. The molecule has 1 rings (SSSR count). The Hall–Kier alpha value is -0.630. The molecule has 0 aliphatic rings. The summed E-state index contributed by atoms with van der Waals surface area (Å²) in [5.74, 6) is 1.18. The van der Waals surface area contributed by atoms with Crippen molar-refractivity contribution >= 4 is 17.4 Å². The van der Waals surface area contributed by atoms with Crippen LogP contribution in [0, 0.1) is 0 Å². The fourth-order valence-electron chi connectivity index (χ4n) is 1.13. The molecule has 1 N–H and O–H groups in total. The van der Waals surface area contributed by atoms with E-state index >= 15 is 0 Å². The largest absolute Gasteiger partial charge is 0.384 e. The Morgan fingerprint density at radius 1 is 1.29 bits per heavy atom. The van der Waals surface area contributed by atoms with Crippen molar-refractivity contribution in [3.05, 3.63) is 30.3 Å². The van der Waals surface area contributed by atoms with Gasteiger partial charge in [-0.2, -0.15) is 11.8 Å². The van der Waals surface area contributed by atoms with Gasteiger partial charge in [0, 0.05) is 23.2 Å². The quantitative estimate of drug-likeness (QED) is 0.718. The second-order valence-electron chi connectivity index (χ2n) is 3.38. The summed E-state index contributed by atoms with van der Waals surface area (Å²) in [6.45, 7) is 5.58. The van der Waals surface area contributed by atoms with Crippen molar-refractivity contribution in [3.8, 4) is 0 Å². The highest BCUT2D eigenvalue weighted by atomic mass is 32.2. The van der Waals surface area contributed by atoms with Crippen LogP contribution in [-0.4, -0.2) is 17.5 Å². The van der Waals surface area contributed by atoms with E-state index in [1.54, 1.807) is 0 Å². The van der Waals surface area contributed by atoms with Crippen molar-refractivity contribution in [1.29, 1.82) is 0 Å². The van der Waals surface area contributed by atoms with Crippen LogP contribution in [0.4, 0.5) is 5.69 Å². The number of hydrogen-bond donors (Lipinski definition) is 1. The first-order valence-corrected chi connectivity index (χ1v) is 6.28. The lowest BCUT2D eigenvalue weighted by Gasteiger charge is -2.09. The summed E-state index contributed by atoms with van der Waals surface area (Å²) in [4.78, 5) is 0. The van der Waals surface area contributed by atoms with Gasteiger partial charge in [0.2, 0.25) is 0 Å². The van der Waals surface area contributed by atoms with Gasteiger partial charge in [0.1, 0.15) is 0 Å². The molecule has 1 nitrogen and oxygen atoms in total. The Balaban J connectivity index is 2.10. The summed E-state index contributed by atoms with van der Waals surface area (Å²) in [5, 5.41) is 4.19. The molecular weight excluding hydrogens is 190 g/mol. The average molecular weight is 209 g/mol. The van der Waals surface area contributed by atoms with Crippen molar-refractivity contribution in [2.45, 2.75) is 25.5 Å². The van der Waals surface area contributed by atoms with Crippen molar-refractivity contribution in [3.63, 3.8) is 0 Å². The first kappa shape index (κ1) is 11.4. The van der Waals surface area contributed by atoms with Gasteiger partial charge in [-0.1, -0.05) is 32.0 Å². The Bertz CT molecular complexity index is 235. The Labute approximate surface area is 91.3 Å². The predicted molar refractivity (Wildman–Crippen MR) is 67.1 cm³/mol. The van der Waals surface area contributed by atoms with Crippen LogP contribution in [0.3, 0.4) is 0 Å². The molecule has 1 atom stereocenters. The molecule has 0 saturated heterocycles. The molecular formula is C12H19NS. The molecule has 14 heavy (non-hydrogen) atoms. The van der Waals surface area contributed by atoms with E-state index in [0.717, 1.165) is 11.8 Å². The minimum Gasteiger partial charge on any atom is -0.384 e. The monoisotopic (exact) mass is 209 g/mol. The molecule has 2 heteroatoms. The van der Waals surface area contributed by atoms with E-state index in [4.69, 9.17) is 0 Å². The van der Waals surface area contributed by atoms with Gasteiger partial charge in [-0.25, -0.2) is 0 Å². The Kier molecular flexibility index (Phi) is 5.53. The zero-order valence-electron chi connectivity index (χ0n) is 8.99. The molecule has 0 radical (unpaired) electrons. The van der Waals surface area contributed by atoms with Crippen LogP contribution in [0.5, 0.6) is 0 Å². The van der Waals surface area contributed by atoms with Gasteiger partial charge in [0.05, 0.1) is 0 Å². The van der Waals surface area contributed by atoms with Crippen LogP contribution in [0.1, 0.15) is 20.3 Å². The van der Waals surface area contributed by atoms with E-state index in [1.165, 1.54) is 17.9 Å². The number of nitrogens with one attached hydrogen (secondary N) is 1. The summed E-state index contributed by atoms with van der Waals surface area (Å²) >= 11 is 2.03. The lowest BCUT2D eigenvalue weighted by atomic mass is 10.3. The van der Waals surface area contributed by atoms with Crippen LogP contribution >= 0.6 is 11.8 Å². The summed E-state index contributed by atoms with van der Waals surface area (Å²) in [5.41, 5.74) is 1.22. The SMILES string of the molecule is CCC(C)SCCNc1ccccc1. The normalized spacial score (nSPS) is 12.4. The molecule has 0 bridgehead atoms. The van der Waals surface area contributed by atoms with Gasteiger partial charge in [-0.3, -0.25) is 0 Å². The van der Waals surface area contributed by atoms with Gasteiger partial charge in [0.15, 0.2) is 0 Å². The van der Waals surface area contributed by atoms with Gasteiger partial charge in [-0.05, 0) is 18.6 Å². The predicted octanol–water partition coefficient (Wildman–Crippen LogP) is 3.63. The van der Waals surface area contributed by atoms with Crippen LogP contribution in [0.2, 0.25) is 0 Å². The number of anilines is 1. The van der Waals surface area contributed by atoms with E-state index in [2.05, 4.69) is 43.4 Å². The minimum absolute atomic E-state index is 0.785. The molecule has 0 aliphatic heterocycles. The van der Waals surface area contributed by atoms with Gasteiger partial charge >= 0.3 is 0 Å². The van der Waals surface area contributed by atoms with Crippen molar-refractivity contribution in [2.24, 2.45) is 0 Å². The molecule has 1 aromatic carbocycles. The topological polar surface area (TPSA) is 12.0 Å². The van der Waals surface area contributed by atoms with Crippen molar-refractivity contribution in [2.75, 3.05) is 17.6 Å². The molecule has 0 aromatic heterocycles. The lowest BCUT2D eigenvalue weighted by Crippen LogP contribution is -2.06. The van der Waals surface area contributed by atoms with Gasteiger partial charge in [0.25, 0.3) is 0 Å². The Morgan fingerprint density at radius 3 is 2.64 bits per heavy atom. The minimum atomic E-state index is 0.785. The molecule has 0 fully saturated rings. The standard InChI is InChI=1S/C12H19NS/c1-3-11(2)14-10-9-13-12-7-5-4-6-8-12/h4-8,11,13H,3,9-10H2,1-2H3. The lowest BCUT2D eigenvalue weighted by molar-refractivity contribution is 0.905. The highest BCUT2D eigenvalue weighted by Gasteiger charge is 1.97. The summed E-state index contributed by atoms with van der Waals surface area (Å²) < 4.78 is 0. The second-order valence-corrected chi connectivity index (χ2v) is 4.93. The number of hydrogen-bond acceptors (Lipinski definition) is 2. The zero-order chi connectivity index (χ0) is 10.2. The zero-order valence-corrected chi connectivity index (χ0v) is 9.81. The van der Waals surface area contributed by atoms with Gasteiger partial charge in [-0.15, -0.1) is 0 Å². The third kappa shape index (κ3) is 4.56. The third-order valence-corrected chi connectivity index (χ3v) is 3.52.